The molecule has 2 amide bonds. The molecule has 5 nitrogen and oxygen atoms in total. The Kier molecular flexibility index (Phi) is 5.50. The SMILES string of the molecule is CNC(=O)c1ccc(Cc2cc(C)c3c(c2)C(=O)N(c2ncccc2F)CC3)cc1F. The summed E-state index contributed by atoms with van der Waals surface area (Å²) in [5, 5.41) is 2.41. The third-order valence-electron chi connectivity index (χ3n) is 5.50. The monoisotopic (exact) mass is 421 g/mol. The zero-order chi connectivity index (χ0) is 22.1. The van der Waals surface area contributed by atoms with Gasteiger partial charge in [-0.15, -0.1) is 0 Å². The van der Waals surface area contributed by atoms with Gasteiger partial charge in [0.15, 0.2) is 11.6 Å². The lowest BCUT2D eigenvalue weighted by Crippen LogP contribution is -2.39. The molecule has 0 unspecified atom stereocenters. The lowest BCUT2D eigenvalue weighted by molar-refractivity contribution is 0.0956. The number of nitrogens with one attached hydrogen (secondary N) is 1. The number of carbonyl (C=O) groups excluding carboxylic acids is 2. The second kappa shape index (κ2) is 8.26. The average molecular weight is 421 g/mol. The van der Waals surface area contributed by atoms with Crippen LogP contribution in [-0.4, -0.2) is 30.4 Å². The van der Waals surface area contributed by atoms with Gasteiger partial charge < -0.3 is 5.32 Å². The summed E-state index contributed by atoms with van der Waals surface area (Å²) in [6.07, 6.45) is 2.45. The maximum Gasteiger partial charge on any atom is 0.259 e. The maximum atomic E-state index is 14.3. The van der Waals surface area contributed by atoms with Crippen LogP contribution in [0.4, 0.5) is 14.6 Å². The fourth-order valence-corrected chi connectivity index (χ4v) is 3.99. The van der Waals surface area contributed by atoms with E-state index in [1.165, 1.54) is 42.4 Å². The van der Waals surface area contributed by atoms with Crippen LogP contribution in [0.5, 0.6) is 0 Å². The van der Waals surface area contributed by atoms with Crippen LogP contribution in [0.15, 0.2) is 48.7 Å². The van der Waals surface area contributed by atoms with Crippen LogP contribution in [0.2, 0.25) is 0 Å². The van der Waals surface area contributed by atoms with Crippen LogP contribution < -0.4 is 10.2 Å². The minimum atomic E-state index is -0.598. The molecule has 0 atom stereocenters. The first-order chi connectivity index (χ1) is 14.9. The summed E-state index contributed by atoms with van der Waals surface area (Å²) < 4.78 is 28.5. The normalized spacial score (nSPS) is 13.2. The van der Waals surface area contributed by atoms with Crippen molar-refractivity contribution in [2.45, 2.75) is 19.8 Å². The number of amides is 2. The van der Waals surface area contributed by atoms with E-state index in [-0.39, 0.29) is 17.3 Å². The molecule has 0 bridgehead atoms. The molecule has 0 saturated heterocycles. The Hall–Kier alpha value is -3.61. The van der Waals surface area contributed by atoms with Crippen molar-refractivity contribution < 1.29 is 18.4 Å². The van der Waals surface area contributed by atoms with E-state index in [1.807, 2.05) is 13.0 Å². The maximum absolute atomic E-state index is 14.3. The van der Waals surface area contributed by atoms with Gasteiger partial charge in [-0.2, -0.15) is 0 Å². The van der Waals surface area contributed by atoms with Crippen molar-refractivity contribution in [3.63, 3.8) is 0 Å². The van der Waals surface area contributed by atoms with Gasteiger partial charge in [0, 0.05) is 25.4 Å². The largest absolute Gasteiger partial charge is 0.355 e. The molecule has 0 saturated carbocycles. The predicted molar refractivity (Wildman–Crippen MR) is 113 cm³/mol. The number of hydrogen-bond donors (Lipinski definition) is 1. The zero-order valence-corrected chi connectivity index (χ0v) is 17.2. The molecule has 0 spiro atoms. The molecule has 31 heavy (non-hydrogen) atoms. The summed E-state index contributed by atoms with van der Waals surface area (Å²) in [4.78, 5) is 30.2. The number of nitrogens with zero attached hydrogens (tertiary/aromatic N) is 2. The Balaban J connectivity index is 1.65. The van der Waals surface area contributed by atoms with Gasteiger partial charge in [-0.25, -0.2) is 13.8 Å². The molecule has 1 aliphatic rings. The molecule has 0 radical (unpaired) electrons. The highest BCUT2D eigenvalue weighted by Gasteiger charge is 2.29. The smallest absolute Gasteiger partial charge is 0.259 e. The Morgan fingerprint density at radius 2 is 1.94 bits per heavy atom. The van der Waals surface area contributed by atoms with E-state index in [2.05, 4.69) is 10.3 Å². The zero-order valence-electron chi connectivity index (χ0n) is 17.2. The highest BCUT2D eigenvalue weighted by Crippen LogP contribution is 2.29. The number of halogens is 2. The van der Waals surface area contributed by atoms with Crippen LogP contribution in [0.25, 0.3) is 0 Å². The second-order valence-electron chi connectivity index (χ2n) is 7.52. The van der Waals surface area contributed by atoms with Crippen molar-refractivity contribution in [3.8, 4) is 0 Å². The fraction of sp³-hybridized carbons (Fsp3) is 0.208. The Morgan fingerprint density at radius 3 is 2.65 bits per heavy atom. The highest BCUT2D eigenvalue weighted by molar-refractivity contribution is 6.08. The van der Waals surface area contributed by atoms with Gasteiger partial charge in [0.25, 0.3) is 11.8 Å². The van der Waals surface area contributed by atoms with Crippen molar-refractivity contribution in [2.24, 2.45) is 0 Å². The van der Waals surface area contributed by atoms with E-state index in [9.17, 15) is 18.4 Å². The number of anilines is 1. The summed E-state index contributed by atoms with van der Waals surface area (Å²) in [7, 11) is 1.45. The molecule has 158 valence electrons. The Morgan fingerprint density at radius 1 is 1.13 bits per heavy atom. The summed E-state index contributed by atoms with van der Waals surface area (Å²) in [5.41, 5.74) is 3.90. The van der Waals surface area contributed by atoms with E-state index in [0.29, 0.717) is 30.5 Å². The first kappa shape index (κ1) is 20.7. The predicted octanol–water partition coefficient (Wildman–Crippen LogP) is 3.82. The average Bonchev–Trinajstić information content (AvgIpc) is 2.75. The number of aromatic nitrogens is 1. The molecule has 7 heteroatoms. The Labute approximate surface area is 178 Å². The molecule has 1 aliphatic heterocycles. The van der Waals surface area contributed by atoms with Crippen molar-refractivity contribution in [1.29, 1.82) is 0 Å². The van der Waals surface area contributed by atoms with Crippen LogP contribution in [0.3, 0.4) is 0 Å². The molecule has 1 aromatic heterocycles. The van der Waals surface area contributed by atoms with Crippen LogP contribution in [-0.2, 0) is 12.8 Å². The summed E-state index contributed by atoms with van der Waals surface area (Å²) in [5.74, 6) is -1.91. The number of carbonyl (C=O) groups is 2. The molecule has 2 aromatic carbocycles. The van der Waals surface area contributed by atoms with Crippen LogP contribution in [0.1, 0.15) is 43.0 Å². The standard InChI is InChI=1S/C24H21F2N3O2/c1-14-10-16(11-15-5-6-18(21(26)13-15)23(30)27-2)12-19-17(14)7-9-29(24(19)31)22-20(25)4-3-8-28-22/h3-6,8,10,12-13H,7,9,11H2,1-2H3,(H,27,30). The van der Waals surface area contributed by atoms with Gasteiger partial charge in [-0.05, 0) is 72.4 Å². The molecule has 4 rings (SSSR count). The van der Waals surface area contributed by atoms with Crippen molar-refractivity contribution >= 4 is 17.6 Å². The van der Waals surface area contributed by atoms with E-state index < -0.39 is 17.5 Å². The minimum Gasteiger partial charge on any atom is -0.355 e. The molecule has 3 aromatic rings. The molecule has 1 N–H and O–H groups in total. The van der Waals surface area contributed by atoms with Crippen LogP contribution in [0, 0.1) is 18.6 Å². The summed E-state index contributed by atoms with van der Waals surface area (Å²) >= 11 is 0. The van der Waals surface area contributed by atoms with Gasteiger partial charge >= 0.3 is 0 Å². The van der Waals surface area contributed by atoms with E-state index in [1.54, 1.807) is 12.1 Å². The number of rotatable bonds is 4. The number of fused-ring (bicyclic) bond motifs is 1. The van der Waals surface area contributed by atoms with Gasteiger partial charge in [0.2, 0.25) is 0 Å². The summed E-state index contributed by atoms with van der Waals surface area (Å²) in [6.45, 7) is 2.29. The minimum absolute atomic E-state index is 0.0175. The highest BCUT2D eigenvalue weighted by atomic mass is 19.1. The second-order valence-corrected chi connectivity index (χ2v) is 7.52. The third-order valence-corrected chi connectivity index (χ3v) is 5.50. The van der Waals surface area contributed by atoms with Crippen molar-refractivity contribution in [1.82, 2.24) is 10.3 Å². The molecule has 0 fully saturated rings. The molecule has 2 heterocycles. The number of aryl methyl sites for hydroxylation is 1. The first-order valence-electron chi connectivity index (χ1n) is 9.94. The molecule has 0 aliphatic carbocycles. The van der Waals surface area contributed by atoms with Crippen LogP contribution >= 0.6 is 0 Å². The molecular weight excluding hydrogens is 400 g/mol. The fourth-order valence-electron chi connectivity index (χ4n) is 3.99. The molecular formula is C24H21F2N3O2. The third kappa shape index (κ3) is 3.91. The first-order valence-corrected chi connectivity index (χ1v) is 9.94. The van der Waals surface area contributed by atoms with Crippen molar-refractivity contribution in [3.05, 3.63) is 93.7 Å². The number of benzene rings is 2. The van der Waals surface area contributed by atoms with Gasteiger partial charge in [-0.1, -0.05) is 12.1 Å². The number of pyridine rings is 1. The topological polar surface area (TPSA) is 62.3 Å². The Bertz CT molecular complexity index is 1190. The van der Waals surface area contributed by atoms with Gasteiger partial charge in [0.1, 0.15) is 5.82 Å². The lowest BCUT2D eigenvalue weighted by Gasteiger charge is -2.29. The van der Waals surface area contributed by atoms with Crippen molar-refractivity contribution in [2.75, 3.05) is 18.5 Å². The summed E-state index contributed by atoms with van der Waals surface area (Å²) in [6, 6.07) is 11.0. The van der Waals surface area contributed by atoms with E-state index in [4.69, 9.17) is 0 Å². The van der Waals surface area contributed by atoms with E-state index in [0.717, 1.165) is 16.7 Å². The van der Waals surface area contributed by atoms with Gasteiger partial charge in [-0.3, -0.25) is 14.5 Å². The van der Waals surface area contributed by atoms with E-state index >= 15 is 0 Å². The van der Waals surface area contributed by atoms with Gasteiger partial charge in [0.05, 0.1) is 5.56 Å². The lowest BCUT2D eigenvalue weighted by atomic mass is 9.90. The quantitative estimate of drug-likeness (QED) is 0.697. The number of hydrogen-bond acceptors (Lipinski definition) is 3.